The first-order valence-corrected chi connectivity index (χ1v) is 12.8. The molecule has 36 heavy (non-hydrogen) atoms. The Morgan fingerprint density at radius 2 is 1.78 bits per heavy atom. The second-order valence-electron chi connectivity index (χ2n) is 9.87. The largest absolute Gasteiger partial charge is 0.360 e. The maximum atomic E-state index is 6.16. The highest BCUT2D eigenvalue weighted by molar-refractivity contribution is 5.93. The van der Waals surface area contributed by atoms with E-state index in [4.69, 9.17) is 10.7 Å². The molecule has 6 rings (SSSR count). The SMILES string of the molecule is Cc1cccc(C2=C(c3ccc4c(c3)=CC(c3cccc(C5=CCC(N)C5)c3)=CCC=4)CC=CN2)n1. The van der Waals surface area contributed by atoms with Crippen LogP contribution in [0.25, 0.3) is 34.6 Å². The van der Waals surface area contributed by atoms with E-state index in [9.17, 15) is 0 Å². The van der Waals surface area contributed by atoms with Crippen molar-refractivity contribution >= 4 is 34.6 Å². The second-order valence-corrected chi connectivity index (χ2v) is 9.87. The number of nitrogens with one attached hydrogen (secondary N) is 1. The number of aryl methyl sites for hydroxylation is 1. The summed E-state index contributed by atoms with van der Waals surface area (Å²) in [7, 11) is 0. The minimum absolute atomic E-state index is 0.255. The third-order valence-corrected chi connectivity index (χ3v) is 7.25. The molecular weight excluding hydrogens is 438 g/mol. The lowest BCUT2D eigenvalue weighted by atomic mass is 9.95. The van der Waals surface area contributed by atoms with E-state index in [0.29, 0.717) is 0 Å². The fraction of sp³-hybridized carbons (Fsp3) is 0.182. The van der Waals surface area contributed by atoms with Crippen molar-refractivity contribution in [2.75, 3.05) is 0 Å². The van der Waals surface area contributed by atoms with Gasteiger partial charge in [-0.3, -0.25) is 4.98 Å². The molecule has 3 nitrogen and oxygen atoms in total. The van der Waals surface area contributed by atoms with Gasteiger partial charge in [-0.05, 0) is 113 Å². The summed E-state index contributed by atoms with van der Waals surface area (Å²) < 4.78 is 0. The number of nitrogens with zero attached hydrogens (tertiary/aromatic N) is 1. The van der Waals surface area contributed by atoms with Crippen molar-refractivity contribution in [3.63, 3.8) is 0 Å². The Morgan fingerprint density at radius 1 is 0.889 bits per heavy atom. The number of rotatable bonds is 4. The van der Waals surface area contributed by atoms with Crippen LogP contribution in [0.5, 0.6) is 0 Å². The first kappa shape index (κ1) is 22.5. The molecule has 1 aliphatic heterocycles. The molecule has 0 spiro atoms. The van der Waals surface area contributed by atoms with Crippen LogP contribution in [-0.2, 0) is 0 Å². The molecule has 1 atom stereocenters. The van der Waals surface area contributed by atoms with E-state index in [1.54, 1.807) is 0 Å². The van der Waals surface area contributed by atoms with Gasteiger partial charge in [0.2, 0.25) is 0 Å². The molecule has 3 heteroatoms. The molecule has 0 fully saturated rings. The highest BCUT2D eigenvalue weighted by Gasteiger charge is 2.16. The maximum absolute atomic E-state index is 6.16. The normalized spacial score (nSPS) is 18.9. The van der Waals surface area contributed by atoms with E-state index in [1.165, 1.54) is 43.8 Å². The van der Waals surface area contributed by atoms with Crippen molar-refractivity contribution in [1.82, 2.24) is 10.3 Å². The van der Waals surface area contributed by atoms with E-state index in [2.05, 4.69) is 90.3 Å². The van der Waals surface area contributed by atoms with Crippen molar-refractivity contribution < 1.29 is 0 Å². The van der Waals surface area contributed by atoms with Crippen molar-refractivity contribution in [3.05, 3.63) is 124 Å². The quantitative estimate of drug-likeness (QED) is 0.544. The predicted molar refractivity (Wildman–Crippen MR) is 152 cm³/mol. The molecule has 0 bridgehead atoms. The second kappa shape index (κ2) is 9.60. The molecule has 3 N–H and O–H groups in total. The molecule has 0 saturated carbocycles. The Hall–Kier alpha value is -3.95. The number of nitrogens with two attached hydrogens (primary N) is 1. The number of aromatic nitrogens is 1. The number of hydrogen-bond acceptors (Lipinski definition) is 3. The number of dihydropyridines is 1. The molecule has 0 saturated heterocycles. The maximum Gasteiger partial charge on any atom is 0.0870 e. The predicted octanol–water partition coefficient (Wildman–Crippen LogP) is 5.32. The Kier molecular flexibility index (Phi) is 6.00. The Balaban J connectivity index is 1.41. The molecule has 2 aromatic carbocycles. The number of hydrogen-bond donors (Lipinski definition) is 2. The summed E-state index contributed by atoms with van der Waals surface area (Å²) in [6.45, 7) is 2.04. The summed E-state index contributed by atoms with van der Waals surface area (Å²) in [5, 5.41) is 6.00. The lowest BCUT2D eigenvalue weighted by Crippen LogP contribution is -2.24. The molecule has 1 unspecified atom stereocenters. The highest BCUT2D eigenvalue weighted by Crippen LogP contribution is 2.31. The summed E-state index contributed by atoms with van der Waals surface area (Å²) in [5.74, 6) is 0. The van der Waals surface area contributed by atoms with E-state index in [0.717, 1.165) is 42.8 Å². The first-order chi connectivity index (χ1) is 17.6. The summed E-state index contributed by atoms with van der Waals surface area (Å²) in [6, 6.07) is 22.2. The van der Waals surface area contributed by atoms with E-state index in [1.807, 2.05) is 19.2 Å². The van der Waals surface area contributed by atoms with Gasteiger partial charge >= 0.3 is 0 Å². The van der Waals surface area contributed by atoms with Gasteiger partial charge in [0.25, 0.3) is 0 Å². The third kappa shape index (κ3) is 4.50. The Bertz CT molecular complexity index is 1580. The van der Waals surface area contributed by atoms with Gasteiger partial charge in [0.1, 0.15) is 0 Å². The molecule has 2 aliphatic carbocycles. The smallest absolute Gasteiger partial charge is 0.0870 e. The Morgan fingerprint density at radius 3 is 2.64 bits per heavy atom. The molecular formula is C33H31N3. The number of benzene rings is 2. The van der Waals surface area contributed by atoms with E-state index >= 15 is 0 Å². The third-order valence-electron chi connectivity index (χ3n) is 7.25. The van der Waals surface area contributed by atoms with E-state index in [-0.39, 0.29) is 6.04 Å². The molecule has 0 amide bonds. The molecule has 3 aliphatic rings. The van der Waals surface area contributed by atoms with Crippen LogP contribution in [0.4, 0.5) is 0 Å². The fourth-order valence-corrected chi connectivity index (χ4v) is 5.37. The van der Waals surface area contributed by atoms with Gasteiger partial charge < -0.3 is 11.1 Å². The molecule has 0 radical (unpaired) electrons. The van der Waals surface area contributed by atoms with Crippen LogP contribution >= 0.6 is 0 Å². The lowest BCUT2D eigenvalue weighted by Gasteiger charge is -2.18. The van der Waals surface area contributed by atoms with Gasteiger partial charge in [0.05, 0.1) is 11.4 Å². The molecule has 2 heterocycles. The zero-order chi connectivity index (χ0) is 24.5. The summed E-state index contributed by atoms with van der Waals surface area (Å²) in [4.78, 5) is 4.78. The first-order valence-electron chi connectivity index (χ1n) is 12.8. The monoisotopic (exact) mass is 469 g/mol. The molecule has 3 aromatic rings. The van der Waals surface area contributed by atoms with Crippen molar-refractivity contribution in [2.24, 2.45) is 5.73 Å². The lowest BCUT2D eigenvalue weighted by molar-refractivity contribution is 0.737. The van der Waals surface area contributed by atoms with Crippen LogP contribution in [0.1, 0.15) is 53.8 Å². The molecule has 178 valence electrons. The van der Waals surface area contributed by atoms with Gasteiger partial charge in [-0.1, -0.05) is 60.7 Å². The van der Waals surface area contributed by atoms with Gasteiger partial charge in [-0.2, -0.15) is 0 Å². The summed E-state index contributed by atoms with van der Waals surface area (Å²) in [6.07, 6.45) is 17.2. The van der Waals surface area contributed by atoms with Crippen LogP contribution < -0.4 is 21.5 Å². The topological polar surface area (TPSA) is 50.9 Å². The van der Waals surface area contributed by atoms with Crippen LogP contribution in [0, 0.1) is 6.92 Å². The van der Waals surface area contributed by atoms with E-state index < -0.39 is 0 Å². The minimum Gasteiger partial charge on any atom is -0.360 e. The van der Waals surface area contributed by atoms with Crippen molar-refractivity contribution in [2.45, 2.75) is 38.6 Å². The van der Waals surface area contributed by atoms with Gasteiger partial charge in [-0.25, -0.2) is 0 Å². The van der Waals surface area contributed by atoms with Crippen LogP contribution in [0.2, 0.25) is 0 Å². The van der Waals surface area contributed by atoms with Crippen molar-refractivity contribution in [3.8, 4) is 0 Å². The van der Waals surface area contributed by atoms with Crippen molar-refractivity contribution in [1.29, 1.82) is 0 Å². The average Bonchev–Trinajstić information content (AvgIpc) is 3.23. The van der Waals surface area contributed by atoms with Crippen LogP contribution in [-0.4, -0.2) is 11.0 Å². The summed E-state index contributed by atoms with van der Waals surface area (Å²) >= 11 is 0. The number of allylic oxidation sites excluding steroid dienone is 4. The summed E-state index contributed by atoms with van der Waals surface area (Å²) in [5.41, 5.74) is 16.9. The highest BCUT2D eigenvalue weighted by atomic mass is 14.9. The Labute approximate surface area is 212 Å². The van der Waals surface area contributed by atoms with Crippen LogP contribution in [0.3, 0.4) is 0 Å². The minimum atomic E-state index is 0.255. The fourth-order valence-electron chi connectivity index (χ4n) is 5.37. The van der Waals surface area contributed by atoms with Crippen LogP contribution in [0.15, 0.2) is 85.1 Å². The number of fused-ring (bicyclic) bond motifs is 1. The zero-order valence-electron chi connectivity index (χ0n) is 20.7. The number of pyridine rings is 1. The zero-order valence-corrected chi connectivity index (χ0v) is 20.7. The van der Waals surface area contributed by atoms with Gasteiger partial charge in [0.15, 0.2) is 0 Å². The average molecular weight is 470 g/mol. The van der Waals surface area contributed by atoms with Gasteiger partial charge in [-0.15, -0.1) is 0 Å². The molecule has 1 aromatic heterocycles. The van der Waals surface area contributed by atoms with Gasteiger partial charge in [0, 0.05) is 11.7 Å². The standard InChI is InChI=1S/C33H31N3/c1-22-6-2-12-32(36-22)33-31(11-5-17-35-33)28-14-13-23-7-3-8-26(19-29(23)20-28)24-9-4-10-25(18-24)27-15-16-30(34)21-27/h2,4-10,12-15,17-20,30,35H,3,11,16,21,34H2,1H3.